The third kappa shape index (κ3) is 5.35. The van der Waals surface area contributed by atoms with Gasteiger partial charge in [-0.2, -0.15) is 0 Å². The number of aryl methyl sites for hydroxylation is 4. The summed E-state index contributed by atoms with van der Waals surface area (Å²) in [6, 6.07) is 11.7. The Morgan fingerprint density at radius 2 is 1.61 bits per heavy atom. The number of carbonyl (C=O) groups is 1. The van der Waals surface area contributed by atoms with Gasteiger partial charge in [0, 0.05) is 0 Å². The van der Waals surface area contributed by atoms with Gasteiger partial charge in [0.1, 0.15) is 6.54 Å². The largest absolute Gasteiger partial charge is 0.348 e. The fourth-order valence-corrected chi connectivity index (χ4v) is 4.44. The Kier molecular flexibility index (Phi) is 6.88. The zero-order valence-electron chi connectivity index (χ0n) is 17.5. The Morgan fingerprint density at radius 3 is 2.07 bits per heavy atom. The molecule has 0 aliphatic rings. The first-order valence-corrected chi connectivity index (χ1v) is 11.3. The molecule has 1 atom stereocenters. The lowest BCUT2D eigenvalue weighted by atomic mass is 10.0. The van der Waals surface area contributed by atoms with Crippen LogP contribution in [0, 0.1) is 20.8 Å². The Hall–Kier alpha value is -2.34. The van der Waals surface area contributed by atoms with Crippen LogP contribution in [-0.4, -0.2) is 27.1 Å². The molecule has 0 heterocycles. The van der Waals surface area contributed by atoms with Crippen LogP contribution in [0.3, 0.4) is 0 Å². The smallest absolute Gasteiger partial charge is 0.241 e. The topological polar surface area (TPSA) is 66.5 Å². The lowest BCUT2D eigenvalue weighted by molar-refractivity contribution is -0.120. The predicted molar refractivity (Wildman–Crippen MR) is 115 cm³/mol. The molecule has 1 N–H and O–H groups in total. The maximum absolute atomic E-state index is 12.7. The molecule has 0 bridgehead atoms. The summed E-state index contributed by atoms with van der Waals surface area (Å²) in [5, 5.41) is 2.91. The highest BCUT2D eigenvalue weighted by molar-refractivity contribution is 7.92. The van der Waals surface area contributed by atoms with Crippen molar-refractivity contribution in [2.75, 3.05) is 17.1 Å². The van der Waals surface area contributed by atoms with Crippen molar-refractivity contribution in [1.82, 2.24) is 5.32 Å². The Labute approximate surface area is 168 Å². The number of rotatable bonds is 7. The fourth-order valence-electron chi connectivity index (χ4n) is 3.47. The number of nitrogens with zero attached hydrogens (tertiary/aromatic N) is 1. The summed E-state index contributed by atoms with van der Waals surface area (Å²) < 4.78 is 26.1. The molecule has 0 saturated heterocycles. The highest BCUT2D eigenvalue weighted by atomic mass is 32.2. The van der Waals surface area contributed by atoms with Crippen molar-refractivity contribution >= 4 is 21.6 Å². The summed E-state index contributed by atoms with van der Waals surface area (Å²) in [4.78, 5) is 12.7. The van der Waals surface area contributed by atoms with E-state index in [2.05, 4.69) is 12.2 Å². The van der Waals surface area contributed by atoms with Gasteiger partial charge in [-0.25, -0.2) is 8.42 Å². The van der Waals surface area contributed by atoms with Gasteiger partial charge in [0.2, 0.25) is 15.9 Å². The second-order valence-corrected chi connectivity index (χ2v) is 9.31. The molecular formula is C22H30N2O3S. The average Bonchev–Trinajstić information content (AvgIpc) is 2.59. The molecule has 0 saturated carbocycles. The third-order valence-corrected chi connectivity index (χ3v) is 5.95. The second kappa shape index (κ2) is 8.78. The number of nitrogens with one attached hydrogen (secondary N) is 1. The van der Waals surface area contributed by atoms with Crippen LogP contribution in [0.15, 0.2) is 36.4 Å². The number of amides is 1. The average molecular weight is 403 g/mol. The minimum absolute atomic E-state index is 0.208. The van der Waals surface area contributed by atoms with Gasteiger partial charge in [0.15, 0.2) is 0 Å². The van der Waals surface area contributed by atoms with Crippen LogP contribution in [0.5, 0.6) is 0 Å². The number of hydrogen-bond acceptors (Lipinski definition) is 3. The van der Waals surface area contributed by atoms with Crippen molar-refractivity contribution in [3.63, 3.8) is 0 Å². The molecular weight excluding hydrogens is 372 g/mol. The Morgan fingerprint density at radius 1 is 1.07 bits per heavy atom. The summed E-state index contributed by atoms with van der Waals surface area (Å²) in [7, 11) is -3.61. The highest BCUT2D eigenvalue weighted by Crippen LogP contribution is 2.28. The van der Waals surface area contributed by atoms with Crippen molar-refractivity contribution in [3.05, 3.63) is 64.2 Å². The lowest BCUT2D eigenvalue weighted by Crippen LogP contribution is -2.41. The molecule has 2 rings (SSSR count). The third-order valence-electron chi connectivity index (χ3n) is 4.84. The van der Waals surface area contributed by atoms with Crippen molar-refractivity contribution in [2.24, 2.45) is 0 Å². The van der Waals surface area contributed by atoms with E-state index in [9.17, 15) is 13.2 Å². The van der Waals surface area contributed by atoms with Crippen LogP contribution in [0.25, 0.3) is 0 Å². The quantitative estimate of drug-likeness (QED) is 0.766. The number of anilines is 1. The molecule has 2 aromatic rings. The van der Waals surface area contributed by atoms with E-state index in [0.717, 1.165) is 34.9 Å². The van der Waals surface area contributed by atoms with Gasteiger partial charge in [0.05, 0.1) is 18.0 Å². The van der Waals surface area contributed by atoms with E-state index in [1.165, 1.54) is 9.87 Å². The van der Waals surface area contributed by atoms with E-state index in [0.29, 0.717) is 5.69 Å². The summed E-state index contributed by atoms with van der Waals surface area (Å²) in [6.45, 7) is 9.43. The van der Waals surface area contributed by atoms with E-state index in [4.69, 9.17) is 0 Å². The monoisotopic (exact) mass is 402 g/mol. The molecule has 0 aliphatic heterocycles. The van der Waals surface area contributed by atoms with E-state index in [1.54, 1.807) is 0 Å². The van der Waals surface area contributed by atoms with Crippen molar-refractivity contribution in [3.8, 4) is 0 Å². The first-order valence-electron chi connectivity index (χ1n) is 9.46. The van der Waals surface area contributed by atoms with Crippen LogP contribution in [0.2, 0.25) is 0 Å². The van der Waals surface area contributed by atoms with Gasteiger partial charge in [-0.1, -0.05) is 48.9 Å². The number of sulfonamides is 1. The van der Waals surface area contributed by atoms with Crippen LogP contribution in [0.1, 0.15) is 47.7 Å². The van der Waals surface area contributed by atoms with Crippen LogP contribution >= 0.6 is 0 Å². The van der Waals surface area contributed by atoms with E-state index in [-0.39, 0.29) is 18.5 Å². The molecule has 152 valence electrons. The molecule has 5 nitrogen and oxygen atoms in total. The summed E-state index contributed by atoms with van der Waals surface area (Å²) in [5.41, 5.74) is 5.51. The molecule has 0 unspecified atom stereocenters. The zero-order chi connectivity index (χ0) is 21.1. The predicted octanol–water partition coefficient (Wildman–Crippen LogP) is 3.82. The van der Waals surface area contributed by atoms with Crippen LogP contribution in [0.4, 0.5) is 5.69 Å². The molecule has 2 aromatic carbocycles. The summed E-state index contributed by atoms with van der Waals surface area (Å²) >= 11 is 0. The van der Waals surface area contributed by atoms with Gasteiger partial charge < -0.3 is 5.32 Å². The van der Waals surface area contributed by atoms with Crippen LogP contribution < -0.4 is 9.62 Å². The normalized spacial score (nSPS) is 12.5. The van der Waals surface area contributed by atoms with Crippen molar-refractivity contribution in [2.45, 2.75) is 47.1 Å². The van der Waals surface area contributed by atoms with Crippen LogP contribution in [-0.2, 0) is 21.2 Å². The maximum atomic E-state index is 12.7. The van der Waals surface area contributed by atoms with Gasteiger partial charge >= 0.3 is 0 Å². The number of carbonyl (C=O) groups excluding carboxylic acids is 1. The highest BCUT2D eigenvalue weighted by Gasteiger charge is 2.24. The van der Waals surface area contributed by atoms with Crippen molar-refractivity contribution in [1.29, 1.82) is 0 Å². The summed E-state index contributed by atoms with van der Waals surface area (Å²) in [6.07, 6.45) is 2.09. The number of hydrogen-bond donors (Lipinski definition) is 1. The van der Waals surface area contributed by atoms with E-state index >= 15 is 0 Å². The first kappa shape index (κ1) is 22.0. The van der Waals surface area contributed by atoms with Gasteiger partial charge in [0.25, 0.3) is 0 Å². The first-order chi connectivity index (χ1) is 13.0. The molecule has 0 aromatic heterocycles. The number of benzene rings is 2. The van der Waals surface area contributed by atoms with Gasteiger partial charge in [-0.15, -0.1) is 0 Å². The SMILES string of the molecule is CCc1ccc([C@H](C)NC(=O)CN(c2c(C)cc(C)cc2C)S(C)(=O)=O)cc1. The molecule has 0 spiro atoms. The standard InChI is InChI=1S/C22H30N2O3S/c1-7-19-8-10-20(11-9-19)18(5)23-21(25)14-24(28(6,26)27)22-16(3)12-15(2)13-17(22)4/h8-13,18H,7,14H2,1-6H3,(H,23,25)/t18-/m0/s1. The molecule has 0 fully saturated rings. The zero-order valence-corrected chi connectivity index (χ0v) is 18.4. The molecule has 0 radical (unpaired) electrons. The minimum Gasteiger partial charge on any atom is -0.348 e. The Balaban J connectivity index is 2.22. The molecule has 6 heteroatoms. The maximum Gasteiger partial charge on any atom is 0.241 e. The molecule has 1 amide bonds. The second-order valence-electron chi connectivity index (χ2n) is 7.40. The van der Waals surface area contributed by atoms with Crippen molar-refractivity contribution < 1.29 is 13.2 Å². The summed E-state index contributed by atoms with van der Waals surface area (Å²) in [5.74, 6) is -0.336. The lowest BCUT2D eigenvalue weighted by Gasteiger charge is -2.26. The minimum atomic E-state index is -3.61. The van der Waals surface area contributed by atoms with E-state index < -0.39 is 10.0 Å². The molecule has 28 heavy (non-hydrogen) atoms. The van der Waals surface area contributed by atoms with Gasteiger partial charge in [-0.05, 0) is 56.4 Å². The Bertz CT molecular complexity index is 927. The fraction of sp³-hybridized carbons (Fsp3) is 0.409. The van der Waals surface area contributed by atoms with Gasteiger partial charge in [-0.3, -0.25) is 9.10 Å². The molecule has 0 aliphatic carbocycles. The van der Waals surface area contributed by atoms with E-state index in [1.807, 2.05) is 64.1 Å².